The summed E-state index contributed by atoms with van der Waals surface area (Å²) in [7, 11) is 3.12. The van der Waals surface area contributed by atoms with Crippen LogP contribution in [-0.2, 0) is 19.1 Å². The summed E-state index contributed by atoms with van der Waals surface area (Å²) in [6.45, 7) is 3.22. The molecule has 5 heteroatoms. The molecular weight excluding hydrogens is 210 g/mol. The van der Waals surface area contributed by atoms with Crippen LogP contribution in [0.1, 0.15) is 26.2 Å². The van der Waals surface area contributed by atoms with E-state index in [2.05, 4.69) is 4.74 Å². The van der Waals surface area contributed by atoms with E-state index in [1.807, 2.05) is 6.92 Å². The van der Waals surface area contributed by atoms with Crippen molar-refractivity contribution in [1.82, 2.24) is 4.90 Å². The van der Waals surface area contributed by atoms with E-state index in [1.165, 1.54) is 7.11 Å². The van der Waals surface area contributed by atoms with Gasteiger partial charge in [0.15, 0.2) is 0 Å². The zero-order chi connectivity index (χ0) is 12.4. The summed E-state index contributed by atoms with van der Waals surface area (Å²) in [4.78, 5) is 23.9. The molecule has 16 heavy (non-hydrogen) atoms. The lowest BCUT2D eigenvalue weighted by Crippen LogP contribution is -2.29. The Morgan fingerprint density at radius 1 is 1.25 bits per heavy atom. The van der Waals surface area contributed by atoms with Crippen molar-refractivity contribution in [3.63, 3.8) is 0 Å². The Bertz CT molecular complexity index is 218. The van der Waals surface area contributed by atoms with Crippen molar-refractivity contribution < 1.29 is 19.1 Å². The van der Waals surface area contributed by atoms with Gasteiger partial charge >= 0.3 is 11.9 Å². The summed E-state index contributed by atoms with van der Waals surface area (Å²) in [5, 5.41) is 0. The van der Waals surface area contributed by atoms with Crippen LogP contribution in [0.5, 0.6) is 0 Å². The predicted octanol–water partition coefficient (Wildman–Crippen LogP) is 0.825. The van der Waals surface area contributed by atoms with Crippen LogP contribution in [0.2, 0.25) is 0 Å². The molecular formula is C11H21NO4. The molecule has 0 bridgehead atoms. The molecule has 0 saturated heterocycles. The van der Waals surface area contributed by atoms with Gasteiger partial charge in [0.2, 0.25) is 0 Å². The third kappa shape index (κ3) is 8.23. The minimum absolute atomic E-state index is 0.209. The number of likely N-dealkylation sites (N-methyl/N-ethyl adjacent to an activating group) is 1. The van der Waals surface area contributed by atoms with Crippen LogP contribution in [0.25, 0.3) is 0 Å². The number of methoxy groups -OCH3 is 1. The zero-order valence-corrected chi connectivity index (χ0v) is 10.3. The van der Waals surface area contributed by atoms with Crippen molar-refractivity contribution in [2.75, 3.05) is 33.9 Å². The number of hydrogen-bond donors (Lipinski definition) is 0. The molecule has 0 rings (SSSR count). The van der Waals surface area contributed by atoms with Crippen molar-refractivity contribution in [2.45, 2.75) is 26.2 Å². The van der Waals surface area contributed by atoms with Crippen molar-refractivity contribution in [3.05, 3.63) is 0 Å². The predicted molar refractivity (Wildman–Crippen MR) is 60.0 cm³/mol. The molecule has 0 aliphatic carbocycles. The first-order valence-electron chi connectivity index (χ1n) is 5.51. The lowest BCUT2D eigenvalue weighted by Gasteiger charge is -2.14. The summed E-state index contributed by atoms with van der Waals surface area (Å²) in [6.07, 6.45) is 2.18. The summed E-state index contributed by atoms with van der Waals surface area (Å²) in [6, 6.07) is 0. The number of ether oxygens (including phenoxy) is 2. The van der Waals surface area contributed by atoms with Crippen LogP contribution in [0.15, 0.2) is 0 Å². The van der Waals surface area contributed by atoms with Crippen LogP contribution in [-0.4, -0.2) is 50.7 Å². The first-order valence-corrected chi connectivity index (χ1v) is 5.51. The maximum Gasteiger partial charge on any atom is 0.320 e. The van der Waals surface area contributed by atoms with E-state index < -0.39 is 0 Å². The molecule has 0 unspecified atom stereocenters. The van der Waals surface area contributed by atoms with E-state index in [4.69, 9.17) is 4.74 Å². The van der Waals surface area contributed by atoms with Crippen LogP contribution in [0.4, 0.5) is 0 Å². The minimum Gasteiger partial charge on any atom is -0.469 e. The average Bonchev–Trinajstić information content (AvgIpc) is 2.26. The van der Waals surface area contributed by atoms with Gasteiger partial charge in [-0.05, 0) is 13.5 Å². The SMILES string of the molecule is CCCCOC(=O)CN(C)CCC(=O)OC. The van der Waals surface area contributed by atoms with Crippen LogP contribution in [0, 0.1) is 0 Å². The van der Waals surface area contributed by atoms with Crippen molar-refractivity contribution in [2.24, 2.45) is 0 Å². The van der Waals surface area contributed by atoms with Crippen molar-refractivity contribution in [3.8, 4) is 0 Å². The summed E-state index contributed by atoms with van der Waals surface area (Å²) in [5.74, 6) is -0.521. The molecule has 0 spiro atoms. The van der Waals surface area contributed by atoms with Gasteiger partial charge < -0.3 is 9.47 Å². The second kappa shape index (κ2) is 9.15. The average molecular weight is 231 g/mol. The van der Waals surface area contributed by atoms with E-state index in [-0.39, 0.29) is 24.9 Å². The number of nitrogens with zero attached hydrogens (tertiary/aromatic N) is 1. The number of carbonyl (C=O) groups excluding carboxylic acids is 2. The number of rotatable bonds is 8. The molecule has 0 amide bonds. The topological polar surface area (TPSA) is 55.8 Å². The van der Waals surface area contributed by atoms with Gasteiger partial charge in [0, 0.05) is 6.54 Å². The van der Waals surface area contributed by atoms with E-state index in [0.29, 0.717) is 13.2 Å². The fourth-order valence-electron chi connectivity index (χ4n) is 1.06. The normalized spacial score (nSPS) is 10.2. The highest BCUT2D eigenvalue weighted by atomic mass is 16.5. The van der Waals surface area contributed by atoms with Crippen LogP contribution < -0.4 is 0 Å². The van der Waals surface area contributed by atoms with Crippen molar-refractivity contribution in [1.29, 1.82) is 0 Å². The first-order chi connectivity index (χ1) is 7.60. The van der Waals surface area contributed by atoms with Gasteiger partial charge in [0.25, 0.3) is 0 Å². The van der Waals surface area contributed by atoms with E-state index in [9.17, 15) is 9.59 Å². The van der Waals surface area contributed by atoms with Gasteiger partial charge in [-0.1, -0.05) is 13.3 Å². The third-order valence-electron chi connectivity index (χ3n) is 2.09. The molecule has 5 nitrogen and oxygen atoms in total. The molecule has 0 N–H and O–H groups in total. The fraction of sp³-hybridized carbons (Fsp3) is 0.818. The van der Waals surface area contributed by atoms with E-state index >= 15 is 0 Å². The number of carbonyl (C=O) groups is 2. The molecule has 0 aromatic carbocycles. The molecule has 94 valence electrons. The van der Waals surface area contributed by atoms with Gasteiger partial charge in [0.1, 0.15) is 0 Å². The highest BCUT2D eigenvalue weighted by Crippen LogP contribution is 1.93. The minimum atomic E-state index is -0.272. The Kier molecular flexibility index (Phi) is 8.52. The zero-order valence-electron chi connectivity index (χ0n) is 10.3. The van der Waals surface area contributed by atoms with Crippen molar-refractivity contribution >= 4 is 11.9 Å². The second-order valence-electron chi connectivity index (χ2n) is 3.64. The van der Waals surface area contributed by atoms with Gasteiger partial charge in [-0.25, -0.2) is 0 Å². The smallest absolute Gasteiger partial charge is 0.320 e. The third-order valence-corrected chi connectivity index (χ3v) is 2.09. The number of unbranched alkanes of at least 4 members (excludes halogenated alkanes) is 1. The number of esters is 2. The molecule has 0 atom stereocenters. The second-order valence-corrected chi connectivity index (χ2v) is 3.64. The summed E-state index contributed by atoms with van der Waals surface area (Å²) in [5.41, 5.74) is 0. The molecule has 0 fully saturated rings. The lowest BCUT2D eigenvalue weighted by molar-refractivity contribution is -0.146. The highest BCUT2D eigenvalue weighted by molar-refractivity contribution is 5.72. The molecule has 0 saturated carbocycles. The van der Waals surface area contributed by atoms with Gasteiger partial charge in [-0.2, -0.15) is 0 Å². The van der Waals surface area contributed by atoms with E-state index in [1.54, 1.807) is 11.9 Å². The first kappa shape index (κ1) is 14.9. The Hall–Kier alpha value is -1.10. The Morgan fingerprint density at radius 3 is 2.50 bits per heavy atom. The monoisotopic (exact) mass is 231 g/mol. The summed E-state index contributed by atoms with van der Waals surface area (Å²) >= 11 is 0. The van der Waals surface area contributed by atoms with Gasteiger partial charge in [0.05, 0.1) is 26.7 Å². The quantitative estimate of drug-likeness (QED) is 0.457. The highest BCUT2D eigenvalue weighted by Gasteiger charge is 2.09. The van der Waals surface area contributed by atoms with Gasteiger partial charge in [-0.3, -0.25) is 14.5 Å². The Morgan fingerprint density at radius 2 is 1.94 bits per heavy atom. The Labute approximate surface area is 96.7 Å². The number of hydrogen-bond acceptors (Lipinski definition) is 5. The molecule has 0 aromatic rings. The lowest BCUT2D eigenvalue weighted by atomic mass is 10.3. The van der Waals surface area contributed by atoms with E-state index in [0.717, 1.165) is 12.8 Å². The maximum absolute atomic E-state index is 11.3. The summed E-state index contributed by atoms with van der Waals surface area (Å²) < 4.78 is 9.49. The Balaban J connectivity index is 3.57. The maximum atomic E-state index is 11.3. The molecule has 0 aliphatic heterocycles. The molecule has 0 aromatic heterocycles. The van der Waals surface area contributed by atoms with Crippen LogP contribution >= 0.6 is 0 Å². The molecule has 0 heterocycles. The molecule has 0 aliphatic rings. The fourth-order valence-corrected chi connectivity index (χ4v) is 1.06. The standard InChI is InChI=1S/C11H21NO4/c1-4-5-8-16-11(14)9-12(2)7-6-10(13)15-3/h4-9H2,1-3H3. The molecule has 0 radical (unpaired) electrons. The van der Waals surface area contributed by atoms with Gasteiger partial charge in [-0.15, -0.1) is 0 Å². The van der Waals surface area contributed by atoms with Crippen LogP contribution in [0.3, 0.4) is 0 Å². The largest absolute Gasteiger partial charge is 0.469 e.